The minimum atomic E-state index is -1.43. The molecule has 4 nitrogen and oxygen atoms in total. The monoisotopic (exact) mass is 263 g/mol. The Morgan fingerprint density at radius 2 is 2.00 bits per heavy atom. The molecule has 0 fully saturated rings. The van der Waals surface area contributed by atoms with Gasteiger partial charge in [-0.2, -0.15) is 4.98 Å². The van der Waals surface area contributed by atoms with Gasteiger partial charge in [0.15, 0.2) is 17.5 Å². The molecule has 0 aliphatic rings. The zero-order chi connectivity index (χ0) is 12.6. The summed E-state index contributed by atoms with van der Waals surface area (Å²) in [7, 11) is 0. The summed E-state index contributed by atoms with van der Waals surface area (Å²) in [6.07, 6.45) is 0. The Hall–Kier alpha value is -1.60. The molecule has 0 aliphatic carbocycles. The maximum atomic E-state index is 13.5. The summed E-state index contributed by atoms with van der Waals surface area (Å²) in [4.78, 5) is 3.59. The lowest BCUT2D eigenvalue weighted by molar-refractivity contribution is 0.380. The summed E-state index contributed by atoms with van der Waals surface area (Å²) in [5, 5.41) is 2.72. The van der Waals surface area contributed by atoms with Crippen molar-refractivity contribution in [2.75, 3.05) is 0 Å². The third-order valence-corrected chi connectivity index (χ3v) is 2.25. The van der Waals surface area contributed by atoms with E-state index in [1.54, 1.807) is 0 Å². The first kappa shape index (κ1) is 11.9. The van der Waals surface area contributed by atoms with Crippen LogP contribution >= 0.6 is 11.6 Å². The van der Waals surface area contributed by atoms with Crippen molar-refractivity contribution in [1.29, 1.82) is 0 Å². The maximum Gasteiger partial charge on any atom is 0.240 e. The normalized spacial score (nSPS) is 10.9. The van der Waals surface area contributed by atoms with Gasteiger partial charge in [0, 0.05) is 0 Å². The lowest BCUT2D eigenvalue weighted by atomic mass is 10.2. The van der Waals surface area contributed by atoms with E-state index in [2.05, 4.69) is 14.7 Å². The van der Waals surface area contributed by atoms with Crippen LogP contribution in [-0.2, 0) is 6.54 Å². The van der Waals surface area contributed by atoms with E-state index < -0.39 is 33.9 Å². The number of rotatable bonds is 2. The van der Waals surface area contributed by atoms with Gasteiger partial charge in [-0.05, 0) is 6.07 Å². The van der Waals surface area contributed by atoms with E-state index in [-0.39, 0.29) is 12.4 Å². The number of nitrogens with two attached hydrogens (primary N) is 1. The van der Waals surface area contributed by atoms with Gasteiger partial charge in [0.05, 0.1) is 17.1 Å². The van der Waals surface area contributed by atoms with Crippen molar-refractivity contribution in [2.24, 2.45) is 5.73 Å². The lowest BCUT2D eigenvalue weighted by Crippen LogP contribution is -1.99. The molecule has 2 aromatic rings. The Bertz CT molecular complexity index is 547. The van der Waals surface area contributed by atoms with Crippen LogP contribution in [0.25, 0.3) is 11.4 Å². The van der Waals surface area contributed by atoms with Gasteiger partial charge in [-0.3, -0.25) is 0 Å². The third kappa shape index (κ3) is 1.98. The molecule has 0 atom stereocenters. The molecule has 0 radical (unpaired) electrons. The molecule has 17 heavy (non-hydrogen) atoms. The minimum absolute atomic E-state index is 0.0285. The molecule has 90 valence electrons. The van der Waals surface area contributed by atoms with Gasteiger partial charge in [-0.25, -0.2) is 13.2 Å². The van der Waals surface area contributed by atoms with Crippen molar-refractivity contribution in [3.05, 3.63) is 34.4 Å². The van der Waals surface area contributed by atoms with E-state index in [9.17, 15) is 13.2 Å². The van der Waals surface area contributed by atoms with Crippen molar-refractivity contribution in [3.8, 4) is 11.4 Å². The van der Waals surface area contributed by atoms with E-state index >= 15 is 0 Å². The van der Waals surface area contributed by atoms with Crippen molar-refractivity contribution < 1.29 is 17.7 Å². The molecular weight excluding hydrogens is 259 g/mol. The molecule has 0 bridgehead atoms. The molecular formula is C9H5ClF3N3O. The fourth-order valence-electron chi connectivity index (χ4n) is 1.21. The molecule has 8 heteroatoms. The highest BCUT2D eigenvalue weighted by Crippen LogP contribution is 2.30. The zero-order valence-corrected chi connectivity index (χ0v) is 8.93. The molecule has 0 aliphatic heterocycles. The number of nitrogens with zero attached hydrogens (tertiary/aromatic N) is 2. The van der Waals surface area contributed by atoms with Crippen LogP contribution in [-0.4, -0.2) is 10.1 Å². The quantitative estimate of drug-likeness (QED) is 0.844. The van der Waals surface area contributed by atoms with Crippen LogP contribution in [0.3, 0.4) is 0 Å². The highest BCUT2D eigenvalue weighted by atomic mass is 35.5. The molecule has 1 heterocycles. The number of halogens is 4. The lowest BCUT2D eigenvalue weighted by Gasteiger charge is -2.02. The van der Waals surface area contributed by atoms with Crippen molar-refractivity contribution in [1.82, 2.24) is 10.1 Å². The standard InChI is InChI=1S/C9H5ClF3N3O/c10-3-1-4(11)8(13)6(7(3)12)9-15-5(2-14)17-16-9/h1H,2,14H2. The predicted octanol–water partition coefficient (Wildman–Crippen LogP) is 2.27. The minimum Gasteiger partial charge on any atom is -0.338 e. The van der Waals surface area contributed by atoms with Crippen LogP contribution in [0.15, 0.2) is 10.6 Å². The van der Waals surface area contributed by atoms with Crippen molar-refractivity contribution in [2.45, 2.75) is 6.54 Å². The molecule has 1 aromatic carbocycles. The van der Waals surface area contributed by atoms with E-state index in [0.29, 0.717) is 6.07 Å². The molecule has 1 aromatic heterocycles. The second-order valence-corrected chi connectivity index (χ2v) is 3.47. The summed E-state index contributed by atoms with van der Waals surface area (Å²) in [5.41, 5.74) is 4.41. The highest BCUT2D eigenvalue weighted by Gasteiger charge is 2.23. The van der Waals surface area contributed by atoms with Crippen LogP contribution < -0.4 is 5.73 Å². The first-order valence-electron chi connectivity index (χ1n) is 4.40. The molecule has 0 saturated heterocycles. The summed E-state index contributed by atoms with van der Waals surface area (Å²) in [6, 6.07) is 0.527. The van der Waals surface area contributed by atoms with Crippen molar-refractivity contribution >= 4 is 11.6 Å². The molecule has 0 saturated carbocycles. The summed E-state index contributed by atoms with van der Waals surface area (Å²) in [6.45, 7) is -0.0979. The molecule has 2 N–H and O–H groups in total. The maximum absolute atomic E-state index is 13.5. The Kier molecular flexibility index (Phi) is 3.03. The Morgan fingerprint density at radius 1 is 1.29 bits per heavy atom. The van der Waals surface area contributed by atoms with Gasteiger partial charge in [0.2, 0.25) is 11.7 Å². The second-order valence-electron chi connectivity index (χ2n) is 3.06. The molecule has 2 rings (SSSR count). The summed E-state index contributed by atoms with van der Waals surface area (Å²) >= 11 is 5.39. The number of benzene rings is 1. The van der Waals surface area contributed by atoms with Gasteiger partial charge >= 0.3 is 0 Å². The SMILES string of the molecule is NCc1nc(-c2c(F)c(F)cc(Cl)c2F)no1. The van der Waals surface area contributed by atoms with E-state index in [4.69, 9.17) is 17.3 Å². The van der Waals surface area contributed by atoms with Crippen LogP contribution in [0.1, 0.15) is 5.89 Å². The van der Waals surface area contributed by atoms with Crippen LogP contribution in [0, 0.1) is 17.5 Å². The zero-order valence-electron chi connectivity index (χ0n) is 8.18. The fourth-order valence-corrected chi connectivity index (χ4v) is 1.40. The molecule has 0 spiro atoms. The van der Waals surface area contributed by atoms with Gasteiger partial charge < -0.3 is 10.3 Å². The van der Waals surface area contributed by atoms with Crippen LogP contribution in [0.2, 0.25) is 5.02 Å². The summed E-state index contributed by atoms with van der Waals surface area (Å²) < 4.78 is 44.6. The predicted molar refractivity (Wildman–Crippen MR) is 52.5 cm³/mol. The van der Waals surface area contributed by atoms with Crippen LogP contribution in [0.4, 0.5) is 13.2 Å². The Labute approximate surface area is 98.2 Å². The van der Waals surface area contributed by atoms with Gasteiger partial charge in [0.25, 0.3) is 0 Å². The first-order valence-corrected chi connectivity index (χ1v) is 4.78. The molecule has 0 unspecified atom stereocenters. The summed E-state index contributed by atoms with van der Waals surface area (Å²) in [5.74, 6) is -4.36. The largest absolute Gasteiger partial charge is 0.338 e. The molecule has 0 amide bonds. The fraction of sp³-hybridized carbons (Fsp3) is 0.111. The highest BCUT2D eigenvalue weighted by molar-refractivity contribution is 6.31. The third-order valence-electron chi connectivity index (χ3n) is 1.98. The number of hydrogen-bond donors (Lipinski definition) is 1. The van der Waals surface area contributed by atoms with E-state index in [1.807, 2.05) is 0 Å². The average Bonchev–Trinajstić information content (AvgIpc) is 2.75. The van der Waals surface area contributed by atoms with Crippen LogP contribution in [0.5, 0.6) is 0 Å². The average molecular weight is 264 g/mol. The van der Waals surface area contributed by atoms with E-state index in [1.165, 1.54) is 0 Å². The Morgan fingerprint density at radius 3 is 2.59 bits per heavy atom. The number of hydrogen-bond acceptors (Lipinski definition) is 4. The topological polar surface area (TPSA) is 64.9 Å². The van der Waals surface area contributed by atoms with E-state index in [0.717, 1.165) is 0 Å². The van der Waals surface area contributed by atoms with Gasteiger partial charge in [-0.15, -0.1) is 0 Å². The first-order chi connectivity index (χ1) is 8.04. The second kappa shape index (κ2) is 4.34. The van der Waals surface area contributed by atoms with Gasteiger partial charge in [-0.1, -0.05) is 16.8 Å². The van der Waals surface area contributed by atoms with Crippen molar-refractivity contribution in [3.63, 3.8) is 0 Å². The Balaban J connectivity index is 2.65. The number of aromatic nitrogens is 2. The smallest absolute Gasteiger partial charge is 0.240 e. The van der Waals surface area contributed by atoms with Gasteiger partial charge in [0.1, 0.15) is 0 Å².